The molecule has 2 fully saturated rings. The van der Waals surface area contributed by atoms with Gasteiger partial charge in [0.25, 0.3) is 5.91 Å². The molecule has 0 radical (unpaired) electrons. The lowest BCUT2D eigenvalue weighted by Crippen LogP contribution is -2.63. The molecule has 0 spiro atoms. The molecule has 1 aromatic heterocycles. The molecule has 9 heteroatoms. The van der Waals surface area contributed by atoms with Gasteiger partial charge in [0, 0.05) is 37.9 Å². The molecular formula is C32H38N6O3. The van der Waals surface area contributed by atoms with Gasteiger partial charge in [0.15, 0.2) is 5.76 Å². The Morgan fingerprint density at radius 2 is 1.80 bits per heavy atom. The summed E-state index contributed by atoms with van der Waals surface area (Å²) in [5.74, 6) is -0.633. The monoisotopic (exact) mass is 554 g/mol. The van der Waals surface area contributed by atoms with Crippen LogP contribution in [-0.4, -0.2) is 59.7 Å². The van der Waals surface area contributed by atoms with E-state index >= 15 is 0 Å². The fraction of sp³-hybridized carbons (Fsp3) is 0.375. The highest BCUT2D eigenvalue weighted by atomic mass is 16.3. The van der Waals surface area contributed by atoms with E-state index < -0.39 is 5.91 Å². The third-order valence-electron chi connectivity index (χ3n) is 8.63. The highest BCUT2D eigenvalue weighted by Crippen LogP contribution is 2.38. The first kappa shape index (κ1) is 27.4. The maximum Gasteiger partial charge on any atom is 0.284 e. The topological polar surface area (TPSA) is 116 Å². The standard InChI is InChI=1S/C32H38N6O3/c1-2-26(32(40)34-19-24-15-18-41-28(24)29(33)39)38-17-14-25-30(35-20-36-31(25)38)37-16-6-9-27(37)23-12-10-22(11-13-23)21-7-4-3-5-8-21/h3-5,7-8,10-15,18,26-27,30-31,35-36H,2,6,9,16-17,19-20H2,1H3,(H2,33,39)(H,34,40). The maximum atomic E-state index is 13.3. The molecule has 6 rings (SSSR count). The van der Waals surface area contributed by atoms with Crippen molar-refractivity contribution in [3.63, 3.8) is 0 Å². The Balaban J connectivity index is 1.14. The number of likely N-dealkylation sites (tertiary alicyclic amines) is 1. The molecule has 0 saturated carbocycles. The first-order valence-corrected chi connectivity index (χ1v) is 14.5. The molecule has 2 amide bonds. The van der Waals surface area contributed by atoms with Gasteiger partial charge in [-0.2, -0.15) is 0 Å². The van der Waals surface area contributed by atoms with Crippen molar-refractivity contribution in [3.05, 3.63) is 95.5 Å². The molecule has 41 heavy (non-hydrogen) atoms. The third kappa shape index (κ3) is 5.46. The van der Waals surface area contributed by atoms with Crippen molar-refractivity contribution in [3.8, 4) is 11.1 Å². The summed E-state index contributed by atoms with van der Waals surface area (Å²) < 4.78 is 5.18. The number of primary amides is 1. The SMILES string of the molecule is CCC(C(=O)NCc1ccoc1C(N)=O)N1CC=C2C1NCNC2N1CCCC1c1ccc(-c2ccccc2)cc1. The number of carbonyl (C=O) groups is 2. The van der Waals surface area contributed by atoms with E-state index in [9.17, 15) is 9.59 Å². The fourth-order valence-corrected chi connectivity index (χ4v) is 6.65. The number of rotatable bonds is 9. The Kier molecular flexibility index (Phi) is 8.02. The lowest BCUT2D eigenvalue weighted by molar-refractivity contribution is -0.127. The second-order valence-electron chi connectivity index (χ2n) is 11.0. The number of hydrogen-bond acceptors (Lipinski definition) is 7. The number of nitrogens with zero attached hydrogens (tertiary/aromatic N) is 2. The van der Waals surface area contributed by atoms with Crippen molar-refractivity contribution in [1.29, 1.82) is 0 Å². The predicted molar refractivity (Wildman–Crippen MR) is 157 cm³/mol. The van der Waals surface area contributed by atoms with Gasteiger partial charge in [-0.05, 0) is 47.6 Å². The van der Waals surface area contributed by atoms with E-state index in [1.807, 2.05) is 13.0 Å². The minimum atomic E-state index is -0.642. The molecule has 0 aliphatic carbocycles. The van der Waals surface area contributed by atoms with Crippen molar-refractivity contribution in [2.24, 2.45) is 5.73 Å². The average Bonchev–Trinajstić information content (AvgIpc) is 3.77. The summed E-state index contributed by atoms with van der Waals surface area (Å²) in [6.07, 6.45) is 6.72. The summed E-state index contributed by atoms with van der Waals surface area (Å²) in [4.78, 5) is 29.8. The van der Waals surface area contributed by atoms with Gasteiger partial charge in [0.05, 0.1) is 24.6 Å². The van der Waals surface area contributed by atoms with Gasteiger partial charge in [0.1, 0.15) is 0 Å². The van der Waals surface area contributed by atoms with Crippen LogP contribution in [0.3, 0.4) is 0 Å². The Hall–Kier alpha value is -3.76. The molecule has 4 atom stereocenters. The van der Waals surface area contributed by atoms with Crippen LogP contribution in [0.4, 0.5) is 0 Å². The van der Waals surface area contributed by atoms with Gasteiger partial charge in [-0.15, -0.1) is 0 Å². The smallest absolute Gasteiger partial charge is 0.284 e. The molecule has 4 unspecified atom stereocenters. The third-order valence-corrected chi connectivity index (χ3v) is 8.63. The Labute approximate surface area is 240 Å². The lowest BCUT2D eigenvalue weighted by atomic mass is 9.98. The summed E-state index contributed by atoms with van der Waals surface area (Å²) in [7, 11) is 0. The summed E-state index contributed by atoms with van der Waals surface area (Å²) in [5, 5.41) is 10.3. The second-order valence-corrected chi connectivity index (χ2v) is 11.0. The van der Waals surface area contributed by atoms with Gasteiger partial charge in [0.2, 0.25) is 5.91 Å². The van der Waals surface area contributed by atoms with E-state index in [0.717, 1.165) is 19.4 Å². The predicted octanol–water partition coefficient (Wildman–Crippen LogP) is 3.32. The number of benzene rings is 2. The highest BCUT2D eigenvalue weighted by Gasteiger charge is 2.43. The van der Waals surface area contributed by atoms with Crippen LogP contribution in [0.2, 0.25) is 0 Å². The van der Waals surface area contributed by atoms with Crippen LogP contribution in [0.15, 0.2) is 83.0 Å². The van der Waals surface area contributed by atoms with E-state index in [2.05, 4.69) is 80.4 Å². The van der Waals surface area contributed by atoms with E-state index in [1.165, 1.54) is 28.5 Å². The number of nitrogens with two attached hydrogens (primary N) is 1. The number of furan rings is 1. The number of carbonyl (C=O) groups excluding carboxylic acids is 2. The molecule has 214 valence electrons. The first-order chi connectivity index (χ1) is 20.0. The lowest BCUT2D eigenvalue weighted by Gasteiger charge is -2.43. The molecule has 5 N–H and O–H groups in total. The second kappa shape index (κ2) is 12.0. The molecule has 2 saturated heterocycles. The van der Waals surface area contributed by atoms with Crippen LogP contribution < -0.4 is 21.7 Å². The number of fused-ring (bicyclic) bond motifs is 1. The van der Waals surface area contributed by atoms with E-state index in [0.29, 0.717) is 31.2 Å². The first-order valence-electron chi connectivity index (χ1n) is 14.5. The average molecular weight is 555 g/mol. The molecule has 3 aliphatic rings. The molecule has 3 aromatic rings. The van der Waals surface area contributed by atoms with Crippen molar-refractivity contribution >= 4 is 11.8 Å². The summed E-state index contributed by atoms with van der Waals surface area (Å²) in [5.41, 5.74) is 11.1. The number of hydrogen-bond donors (Lipinski definition) is 4. The van der Waals surface area contributed by atoms with Gasteiger partial charge < -0.3 is 15.5 Å². The highest BCUT2D eigenvalue weighted by molar-refractivity contribution is 5.91. The zero-order valence-electron chi connectivity index (χ0n) is 23.4. The van der Waals surface area contributed by atoms with Gasteiger partial charge in [-0.25, -0.2) is 0 Å². The van der Waals surface area contributed by atoms with E-state index in [1.54, 1.807) is 6.07 Å². The molecule has 4 heterocycles. The Morgan fingerprint density at radius 1 is 1.05 bits per heavy atom. The molecule has 0 bridgehead atoms. The van der Waals surface area contributed by atoms with Crippen molar-refractivity contribution in [2.75, 3.05) is 19.8 Å². The van der Waals surface area contributed by atoms with Crippen molar-refractivity contribution in [2.45, 2.75) is 57.1 Å². The van der Waals surface area contributed by atoms with Crippen LogP contribution in [-0.2, 0) is 11.3 Å². The minimum Gasteiger partial charge on any atom is -0.459 e. The van der Waals surface area contributed by atoms with Crippen LogP contribution in [0, 0.1) is 0 Å². The summed E-state index contributed by atoms with van der Waals surface area (Å²) in [6.45, 7) is 4.60. The fourth-order valence-electron chi connectivity index (χ4n) is 6.65. The quantitative estimate of drug-likeness (QED) is 0.300. The Bertz CT molecular complexity index is 1400. The van der Waals surface area contributed by atoms with Gasteiger partial charge >= 0.3 is 0 Å². The van der Waals surface area contributed by atoms with E-state index in [4.69, 9.17) is 10.2 Å². The zero-order chi connectivity index (χ0) is 28.3. The van der Waals surface area contributed by atoms with Gasteiger partial charge in [-0.3, -0.25) is 30.0 Å². The molecule has 9 nitrogen and oxygen atoms in total. The number of nitrogens with one attached hydrogen (secondary N) is 3. The van der Waals surface area contributed by atoms with E-state index in [-0.39, 0.29) is 36.6 Å². The summed E-state index contributed by atoms with van der Waals surface area (Å²) in [6, 6.07) is 21.2. The van der Waals surface area contributed by atoms with Crippen LogP contribution in [0.5, 0.6) is 0 Å². The molecular weight excluding hydrogens is 516 g/mol. The molecule has 3 aliphatic heterocycles. The zero-order valence-corrected chi connectivity index (χ0v) is 23.4. The van der Waals surface area contributed by atoms with Crippen LogP contribution in [0.25, 0.3) is 11.1 Å². The maximum absolute atomic E-state index is 13.3. The van der Waals surface area contributed by atoms with Crippen molar-refractivity contribution in [1.82, 2.24) is 25.8 Å². The van der Waals surface area contributed by atoms with Crippen molar-refractivity contribution < 1.29 is 14.0 Å². The normalized spacial score (nSPS) is 23.6. The largest absolute Gasteiger partial charge is 0.459 e. The summed E-state index contributed by atoms with van der Waals surface area (Å²) >= 11 is 0. The minimum absolute atomic E-state index is 0.0197. The van der Waals surface area contributed by atoms with Gasteiger partial charge in [-0.1, -0.05) is 67.6 Å². The van der Waals surface area contributed by atoms with Crippen LogP contribution >= 0.6 is 0 Å². The number of amides is 2. The Morgan fingerprint density at radius 3 is 2.56 bits per heavy atom. The molecule has 2 aromatic carbocycles. The van der Waals surface area contributed by atoms with Crippen LogP contribution in [0.1, 0.15) is 53.9 Å².